The fourth-order valence-corrected chi connectivity index (χ4v) is 9.15. The van der Waals surface area contributed by atoms with Crippen molar-refractivity contribution in [3.8, 4) is 11.5 Å². The van der Waals surface area contributed by atoms with Gasteiger partial charge < -0.3 is 51.1 Å². The Labute approximate surface area is 330 Å². The number of carboxylic acid groups (broad SMARTS) is 2. The molecule has 298 valence electrons. The van der Waals surface area contributed by atoms with Gasteiger partial charge in [-0.1, -0.05) is 16.8 Å². The third kappa shape index (κ3) is 7.45. The first-order valence-electron chi connectivity index (χ1n) is 17.2. The number of fused-ring (bicyclic) bond motifs is 2. The molecule has 3 aromatic rings. The quantitative estimate of drug-likeness (QED) is 0.0397. The second kappa shape index (κ2) is 15.3. The number of nitrogens with two attached hydrogens (primary N) is 1. The fraction of sp³-hybridized carbons (Fsp3) is 0.412. The predicted octanol–water partition coefficient (Wildman–Crippen LogP) is 1.38. The van der Waals surface area contributed by atoms with Gasteiger partial charge in [0.2, 0.25) is 11.0 Å². The molecule has 3 aliphatic heterocycles. The van der Waals surface area contributed by atoms with Gasteiger partial charge in [0.15, 0.2) is 22.3 Å². The minimum atomic E-state index is -1.81. The smallest absolute Gasteiger partial charge is 0.352 e. The lowest BCUT2D eigenvalue weighted by molar-refractivity contribution is -0.911. The maximum Gasteiger partial charge on any atom is 0.352 e. The molecule has 2 aromatic heterocycles. The molecule has 0 unspecified atom stereocenters. The van der Waals surface area contributed by atoms with Gasteiger partial charge in [-0.15, -0.1) is 23.1 Å². The summed E-state index contributed by atoms with van der Waals surface area (Å²) in [5.74, 6) is -6.19. The van der Waals surface area contributed by atoms with Gasteiger partial charge in [0, 0.05) is 41.3 Å². The van der Waals surface area contributed by atoms with Crippen LogP contribution < -0.4 is 21.8 Å². The van der Waals surface area contributed by atoms with E-state index in [0.717, 1.165) is 35.1 Å². The molecular formula is C34H38ClN8O11S2+. The summed E-state index contributed by atoms with van der Waals surface area (Å²) >= 11 is 8.40. The third-order valence-corrected chi connectivity index (χ3v) is 12.5. The van der Waals surface area contributed by atoms with Crippen molar-refractivity contribution in [2.75, 3.05) is 38.5 Å². The normalized spacial score (nSPS) is 20.7. The molecule has 56 heavy (non-hydrogen) atoms. The largest absolute Gasteiger partial charge is 0.504 e. The number of amides is 3. The second-order valence-corrected chi connectivity index (χ2v) is 16.8. The van der Waals surface area contributed by atoms with Gasteiger partial charge in [-0.25, -0.2) is 14.6 Å². The molecule has 3 aliphatic rings. The number of aromatic amines is 1. The van der Waals surface area contributed by atoms with Crippen molar-refractivity contribution in [2.24, 2.45) is 5.16 Å². The van der Waals surface area contributed by atoms with Crippen molar-refractivity contribution >= 4 is 86.1 Å². The summed E-state index contributed by atoms with van der Waals surface area (Å²) in [6, 6.07) is -0.0420. The zero-order valence-electron chi connectivity index (χ0n) is 30.1. The molecule has 3 atom stereocenters. The van der Waals surface area contributed by atoms with Gasteiger partial charge in [-0.3, -0.25) is 24.1 Å². The Bertz CT molecular complexity index is 2280. The number of carbonyl (C=O) groups is 5. The van der Waals surface area contributed by atoms with Crippen LogP contribution in [0.1, 0.15) is 49.7 Å². The van der Waals surface area contributed by atoms with E-state index < -0.39 is 79.6 Å². The first kappa shape index (κ1) is 40.3. The molecule has 2 fully saturated rings. The molecule has 1 aromatic carbocycles. The van der Waals surface area contributed by atoms with E-state index >= 15 is 0 Å². The Hall–Kier alpha value is -5.38. The number of aliphatic carboxylic acids is 2. The number of carboxylic acids is 2. The summed E-state index contributed by atoms with van der Waals surface area (Å²) in [4.78, 5) is 91.0. The molecule has 2 saturated heterocycles. The van der Waals surface area contributed by atoms with Crippen LogP contribution in [0.4, 0.5) is 5.13 Å². The summed E-state index contributed by atoms with van der Waals surface area (Å²) in [5.41, 5.74) is 2.92. The highest BCUT2D eigenvalue weighted by atomic mass is 35.5. The highest BCUT2D eigenvalue weighted by molar-refractivity contribution is 8.00. The summed E-state index contributed by atoms with van der Waals surface area (Å²) in [6.07, 6.45) is 2.86. The van der Waals surface area contributed by atoms with Crippen LogP contribution in [-0.2, 0) is 24.0 Å². The zero-order chi connectivity index (χ0) is 40.9. The Kier molecular flexibility index (Phi) is 11.0. The standard InChI is InChI=1S/C34H37ClN8O11S2/c1-14-16(12-43(7-4-5-8-43)9-6-37-27(47)15-11-38-17-10-19(44)26(46)21(35)20(17)25(15)45)24(31(50)51)42-29(49)23(30(42)56-14)40-28(48)22(18-13-55-33(36)39-18)41-54-34(2,3)32(52)53/h10-11,13-14,23,30H,4-9,12H2,1-3H3,(H8-,36,37,38,39,40,41,44,45,46,47,48,50,51,52,53)/p+1/t14-,23+,30+/m0/s1. The number of rotatable bonds is 13. The number of nitrogen functional groups attached to an aromatic ring is 1. The number of benzene rings is 1. The van der Waals surface area contributed by atoms with E-state index in [0.29, 0.717) is 29.7 Å². The van der Waals surface area contributed by atoms with Crippen LogP contribution in [0.25, 0.3) is 10.9 Å². The number of β-lactam (4-membered cyclic amide) rings is 1. The van der Waals surface area contributed by atoms with Crippen molar-refractivity contribution in [1.82, 2.24) is 25.5 Å². The highest BCUT2D eigenvalue weighted by Crippen LogP contribution is 2.45. The van der Waals surface area contributed by atoms with Crippen LogP contribution in [-0.4, -0.2) is 130 Å². The van der Waals surface area contributed by atoms with Crippen molar-refractivity contribution in [3.63, 3.8) is 0 Å². The van der Waals surface area contributed by atoms with Crippen molar-refractivity contribution < 1.29 is 53.7 Å². The number of phenols is 2. The number of halogens is 1. The number of thiazole rings is 1. The molecule has 0 spiro atoms. The van der Waals surface area contributed by atoms with Gasteiger partial charge in [-0.05, 0) is 20.8 Å². The number of oxime groups is 1. The van der Waals surface area contributed by atoms with E-state index in [9.17, 15) is 49.2 Å². The molecule has 0 bridgehead atoms. The van der Waals surface area contributed by atoms with Crippen LogP contribution in [0.3, 0.4) is 0 Å². The number of phenolic OH excluding ortho intramolecular Hbond substituents is 2. The summed E-state index contributed by atoms with van der Waals surface area (Å²) in [7, 11) is 0. The molecule has 0 aliphatic carbocycles. The minimum absolute atomic E-state index is 0.0152. The number of nitrogens with zero attached hydrogens (tertiary/aromatic N) is 4. The first-order chi connectivity index (χ1) is 26.4. The average molecular weight is 834 g/mol. The number of nitrogens with one attached hydrogen (secondary N) is 3. The molecule has 5 heterocycles. The maximum atomic E-state index is 13.6. The lowest BCUT2D eigenvalue weighted by Gasteiger charge is -2.51. The molecular weight excluding hydrogens is 796 g/mol. The van der Waals surface area contributed by atoms with Crippen LogP contribution in [0, 0.1) is 0 Å². The van der Waals surface area contributed by atoms with Gasteiger partial charge in [0.1, 0.15) is 34.9 Å². The maximum absolute atomic E-state index is 13.6. The Morgan fingerprint density at radius 1 is 1.20 bits per heavy atom. The van der Waals surface area contributed by atoms with Crippen molar-refractivity contribution in [2.45, 2.75) is 55.9 Å². The highest BCUT2D eigenvalue weighted by Gasteiger charge is 2.57. The molecule has 0 saturated carbocycles. The first-order valence-corrected chi connectivity index (χ1v) is 19.4. The number of hydrogen-bond donors (Lipinski definition) is 8. The fourth-order valence-electron chi connectivity index (χ4n) is 6.88. The van der Waals surface area contributed by atoms with E-state index in [1.165, 1.54) is 37.2 Å². The number of H-pyrrole nitrogens is 1. The number of hydrogen-bond acceptors (Lipinski definition) is 14. The number of likely N-dealkylation sites (tertiary alicyclic amines) is 1. The number of pyridine rings is 1. The Morgan fingerprint density at radius 2 is 1.89 bits per heavy atom. The summed E-state index contributed by atoms with van der Waals surface area (Å²) in [6.45, 7) is 6.35. The number of thioether (sulfide) groups is 1. The van der Waals surface area contributed by atoms with Crippen molar-refractivity contribution in [3.05, 3.63) is 55.4 Å². The number of anilines is 1. The van der Waals surface area contributed by atoms with E-state index in [2.05, 4.69) is 25.8 Å². The van der Waals surface area contributed by atoms with E-state index in [-0.39, 0.29) is 46.1 Å². The van der Waals surface area contributed by atoms with Gasteiger partial charge in [0.05, 0.1) is 42.1 Å². The van der Waals surface area contributed by atoms with Crippen LogP contribution in [0.15, 0.2) is 38.9 Å². The van der Waals surface area contributed by atoms with Crippen LogP contribution in [0.2, 0.25) is 5.02 Å². The molecule has 0 radical (unpaired) electrons. The lowest BCUT2D eigenvalue weighted by Crippen LogP contribution is -2.71. The molecule has 19 nitrogen and oxygen atoms in total. The zero-order valence-corrected chi connectivity index (χ0v) is 32.5. The molecule has 9 N–H and O–H groups in total. The number of carbonyl (C=O) groups excluding carboxylic acids is 3. The van der Waals surface area contributed by atoms with Crippen molar-refractivity contribution in [1.29, 1.82) is 0 Å². The van der Waals surface area contributed by atoms with E-state index in [1.807, 2.05) is 6.92 Å². The number of aromatic hydroxyl groups is 2. The third-order valence-electron chi connectivity index (χ3n) is 9.97. The summed E-state index contributed by atoms with van der Waals surface area (Å²) in [5, 5.41) is 48.6. The Morgan fingerprint density at radius 3 is 2.52 bits per heavy atom. The molecule has 6 rings (SSSR count). The van der Waals surface area contributed by atoms with Gasteiger partial charge >= 0.3 is 11.9 Å². The monoisotopic (exact) mass is 833 g/mol. The van der Waals surface area contributed by atoms with E-state index in [1.54, 1.807) is 0 Å². The lowest BCUT2D eigenvalue weighted by atomic mass is 9.99. The topological polar surface area (TPSA) is 287 Å². The average Bonchev–Trinajstić information content (AvgIpc) is 3.79. The van der Waals surface area contributed by atoms with Crippen LogP contribution in [0.5, 0.6) is 11.5 Å². The predicted molar refractivity (Wildman–Crippen MR) is 204 cm³/mol. The molecule has 3 amide bonds. The van der Waals surface area contributed by atoms with Crippen LogP contribution >= 0.6 is 34.7 Å². The number of quaternary nitrogens is 1. The molecule has 22 heteroatoms. The van der Waals surface area contributed by atoms with E-state index in [4.69, 9.17) is 22.2 Å². The second-order valence-electron chi connectivity index (χ2n) is 14.1. The Balaban J connectivity index is 1.18. The number of aromatic nitrogens is 2. The SMILES string of the molecule is C[C@@H]1S[C@@H]2[C@H](NC(=O)C(=NOC(C)(C)C(=O)O)c3csc(N)n3)C(=O)N2C(C(=O)O)=C1C[N+]1(CCNC(=O)c2c[nH]c3cc(O)c(O)c(Cl)c3c2=O)CCCC1. The summed E-state index contributed by atoms with van der Waals surface area (Å²) < 4.78 is 0.403. The van der Waals surface area contributed by atoms with Gasteiger partial charge in [-0.2, -0.15) is 0 Å². The van der Waals surface area contributed by atoms with Gasteiger partial charge in [0.25, 0.3) is 17.7 Å². The minimum Gasteiger partial charge on any atom is -0.504 e.